The van der Waals surface area contributed by atoms with E-state index in [1.54, 1.807) is 0 Å². The lowest BCUT2D eigenvalue weighted by Crippen LogP contribution is -2.13. The molecule has 0 fully saturated rings. The van der Waals surface area contributed by atoms with Gasteiger partial charge >= 0.3 is 0 Å². The Morgan fingerprint density at radius 1 is 1.31 bits per heavy atom. The Labute approximate surface area is 89.7 Å². The molecule has 6 nitrogen and oxygen atoms in total. The number of carbonyl (C=O) groups excluding carboxylic acids is 1. The van der Waals surface area contributed by atoms with Crippen LogP contribution in [0.15, 0.2) is 12.1 Å². The standard InChI is InChI=1S/C8H6FO6S/c9-5-1-4(2-6(11)8(5)12)7(3-10)16(13,14)15/h1-2,7,11-12H,(H,13,14,15). The van der Waals surface area contributed by atoms with Gasteiger partial charge in [0.25, 0.3) is 10.1 Å². The first-order valence-corrected chi connectivity index (χ1v) is 5.33. The van der Waals surface area contributed by atoms with Gasteiger partial charge in [0.2, 0.25) is 6.29 Å². The van der Waals surface area contributed by atoms with Crippen molar-refractivity contribution in [3.8, 4) is 11.5 Å². The predicted octanol–water partition coefficient (Wildman–Crippen LogP) is 0.276. The van der Waals surface area contributed by atoms with Crippen molar-refractivity contribution in [1.29, 1.82) is 0 Å². The number of phenols is 2. The number of hydrogen-bond acceptors (Lipinski definition) is 5. The second-order valence-corrected chi connectivity index (χ2v) is 4.38. The summed E-state index contributed by atoms with van der Waals surface area (Å²) in [5.41, 5.74) is -0.537. The Morgan fingerprint density at radius 3 is 2.25 bits per heavy atom. The lowest BCUT2D eigenvalue weighted by molar-refractivity contribution is 0.378. The topological polar surface area (TPSA) is 112 Å². The van der Waals surface area contributed by atoms with Gasteiger partial charge in [-0.15, -0.1) is 0 Å². The fourth-order valence-corrected chi connectivity index (χ4v) is 1.66. The molecule has 0 spiro atoms. The van der Waals surface area contributed by atoms with Crippen molar-refractivity contribution in [2.75, 3.05) is 0 Å². The molecule has 1 aromatic carbocycles. The van der Waals surface area contributed by atoms with Crippen molar-refractivity contribution in [2.24, 2.45) is 0 Å². The fraction of sp³-hybridized carbons (Fsp3) is 0.125. The van der Waals surface area contributed by atoms with Crippen LogP contribution in [0.25, 0.3) is 0 Å². The molecule has 0 saturated carbocycles. The van der Waals surface area contributed by atoms with Gasteiger partial charge < -0.3 is 10.2 Å². The highest BCUT2D eigenvalue weighted by atomic mass is 32.2. The monoisotopic (exact) mass is 249 g/mol. The van der Waals surface area contributed by atoms with Crippen molar-refractivity contribution in [3.05, 3.63) is 23.5 Å². The highest BCUT2D eigenvalue weighted by molar-refractivity contribution is 7.86. The second kappa shape index (κ2) is 4.06. The number of aromatic hydroxyl groups is 2. The zero-order valence-corrected chi connectivity index (χ0v) is 8.40. The molecule has 0 saturated heterocycles. The van der Waals surface area contributed by atoms with Crippen LogP contribution in [0, 0.1) is 5.82 Å². The van der Waals surface area contributed by atoms with Gasteiger partial charge in [-0.1, -0.05) is 0 Å². The Balaban J connectivity index is 3.39. The zero-order chi connectivity index (χ0) is 12.5. The Hall–Kier alpha value is -1.67. The maximum absolute atomic E-state index is 12.9. The summed E-state index contributed by atoms with van der Waals surface area (Å²) >= 11 is 0. The molecule has 0 aromatic heterocycles. The SMILES string of the molecule is O=[C]C(c1cc(O)c(O)c(F)c1)S(=O)(=O)O. The minimum absolute atomic E-state index is 0.498. The van der Waals surface area contributed by atoms with Crippen molar-refractivity contribution < 1.29 is 32.4 Å². The molecular weight excluding hydrogens is 243 g/mol. The molecule has 1 radical (unpaired) electrons. The summed E-state index contributed by atoms with van der Waals surface area (Å²) in [6.07, 6.45) is 0.985. The Bertz CT molecular complexity index is 500. The molecule has 1 aromatic rings. The van der Waals surface area contributed by atoms with Gasteiger partial charge in [0.15, 0.2) is 22.6 Å². The van der Waals surface area contributed by atoms with Crippen LogP contribution >= 0.6 is 0 Å². The second-order valence-electron chi connectivity index (χ2n) is 2.88. The van der Waals surface area contributed by atoms with Crippen LogP contribution in [0.3, 0.4) is 0 Å². The summed E-state index contributed by atoms with van der Waals surface area (Å²) in [6.45, 7) is 0. The van der Waals surface area contributed by atoms with Gasteiger partial charge in [0, 0.05) is 0 Å². The third-order valence-corrected chi connectivity index (χ3v) is 2.74. The van der Waals surface area contributed by atoms with Crippen molar-refractivity contribution in [1.82, 2.24) is 0 Å². The van der Waals surface area contributed by atoms with Crippen LogP contribution in [-0.2, 0) is 14.9 Å². The van der Waals surface area contributed by atoms with E-state index >= 15 is 0 Å². The third kappa shape index (κ3) is 2.28. The lowest BCUT2D eigenvalue weighted by Gasteiger charge is -2.08. The van der Waals surface area contributed by atoms with Crippen LogP contribution in [-0.4, -0.2) is 29.5 Å². The minimum atomic E-state index is -4.80. The molecule has 0 bridgehead atoms. The molecular formula is C8H6FO6S. The lowest BCUT2D eigenvalue weighted by atomic mass is 10.1. The largest absolute Gasteiger partial charge is 0.504 e. The number of benzene rings is 1. The van der Waals surface area contributed by atoms with Gasteiger partial charge in [-0.2, -0.15) is 8.42 Å². The number of rotatable bonds is 3. The summed E-state index contributed by atoms with van der Waals surface area (Å²) in [4.78, 5) is 10.3. The predicted molar refractivity (Wildman–Crippen MR) is 49.7 cm³/mol. The van der Waals surface area contributed by atoms with Gasteiger partial charge in [0.1, 0.15) is 0 Å². The zero-order valence-electron chi connectivity index (χ0n) is 7.58. The first kappa shape index (κ1) is 12.4. The number of hydrogen-bond donors (Lipinski definition) is 3. The normalized spacial score (nSPS) is 13.4. The smallest absolute Gasteiger partial charge is 0.279 e. The average molecular weight is 249 g/mol. The molecule has 87 valence electrons. The van der Waals surface area contributed by atoms with Gasteiger partial charge in [0.05, 0.1) is 0 Å². The van der Waals surface area contributed by atoms with E-state index in [0.29, 0.717) is 12.1 Å². The van der Waals surface area contributed by atoms with E-state index in [1.807, 2.05) is 0 Å². The first-order chi connectivity index (χ1) is 7.27. The van der Waals surface area contributed by atoms with Crippen LogP contribution < -0.4 is 0 Å². The molecule has 0 aliphatic carbocycles. The first-order valence-electron chi connectivity index (χ1n) is 3.82. The highest BCUT2D eigenvalue weighted by Gasteiger charge is 2.27. The Morgan fingerprint density at radius 2 is 1.88 bits per heavy atom. The van der Waals surface area contributed by atoms with Crippen LogP contribution in [0.5, 0.6) is 11.5 Å². The maximum atomic E-state index is 12.9. The van der Waals surface area contributed by atoms with Crippen LogP contribution in [0.4, 0.5) is 4.39 Å². The van der Waals surface area contributed by atoms with Gasteiger partial charge in [-0.05, 0) is 17.7 Å². The van der Waals surface area contributed by atoms with Crippen molar-refractivity contribution in [2.45, 2.75) is 5.25 Å². The maximum Gasteiger partial charge on any atom is 0.279 e. The Kier molecular flexibility index (Phi) is 3.15. The van der Waals surface area contributed by atoms with Crippen molar-refractivity contribution >= 4 is 16.4 Å². The van der Waals surface area contributed by atoms with E-state index in [2.05, 4.69) is 0 Å². The molecule has 16 heavy (non-hydrogen) atoms. The van der Waals surface area contributed by atoms with Crippen LogP contribution in [0.2, 0.25) is 0 Å². The summed E-state index contributed by atoms with van der Waals surface area (Å²) in [5.74, 6) is -3.35. The van der Waals surface area contributed by atoms with E-state index in [1.165, 1.54) is 0 Å². The molecule has 0 heterocycles. The van der Waals surface area contributed by atoms with E-state index < -0.39 is 38.2 Å². The molecule has 8 heteroatoms. The average Bonchev–Trinajstić information content (AvgIpc) is 2.12. The molecule has 1 atom stereocenters. The van der Waals surface area contributed by atoms with Crippen molar-refractivity contribution in [3.63, 3.8) is 0 Å². The van der Waals surface area contributed by atoms with Gasteiger partial charge in [-0.25, -0.2) is 4.39 Å². The van der Waals surface area contributed by atoms with Crippen LogP contribution in [0.1, 0.15) is 10.8 Å². The molecule has 3 N–H and O–H groups in total. The molecule has 1 rings (SSSR count). The molecule has 1 unspecified atom stereocenters. The highest BCUT2D eigenvalue weighted by Crippen LogP contribution is 2.32. The summed E-state index contributed by atoms with van der Waals surface area (Å²) in [7, 11) is -4.80. The molecule has 0 aliphatic rings. The fourth-order valence-electron chi connectivity index (χ4n) is 1.06. The van der Waals surface area contributed by atoms with E-state index in [-0.39, 0.29) is 0 Å². The third-order valence-electron chi connectivity index (χ3n) is 1.77. The summed E-state index contributed by atoms with van der Waals surface area (Å²) in [6, 6.07) is 1.14. The van der Waals surface area contributed by atoms with E-state index in [0.717, 1.165) is 6.29 Å². The summed E-state index contributed by atoms with van der Waals surface area (Å²) < 4.78 is 42.9. The van der Waals surface area contributed by atoms with Gasteiger partial charge in [-0.3, -0.25) is 9.35 Å². The minimum Gasteiger partial charge on any atom is -0.504 e. The molecule has 0 amide bonds. The van der Waals surface area contributed by atoms with E-state index in [9.17, 15) is 17.6 Å². The number of halogens is 1. The quantitative estimate of drug-likeness (QED) is 0.523. The summed E-state index contributed by atoms with van der Waals surface area (Å²) in [5, 5.41) is 15.7. The van der Waals surface area contributed by atoms with E-state index in [4.69, 9.17) is 14.8 Å². The molecule has 0 aliphatic heterocycles. The number of phenolic OH excluding ortho intramolecular Hbond substituents is 2.